The van der Waals surface area contributed by atoms with E-state index in [1.165, 1.54) is 11.1 Å². The fourth-order valence-corrected chi connectivity index (χ4v) is 2.41. The first-order chi connectivity index (χ1) is 8.29. The highest BCUT2D eigenvalue weighted by atomic mass is 16.5. The first-order valence-corrected chi connectivity index (χ1v) is 6.72. The Labute approximate surface area is 104 Å². The van der Waals surface area contributed by atoms with Crippen molar-refractivity contribution in [1.29, 1.82) is 0 Å². The number of aryl methyl sites for hydroxylation is 1. The quantitative estimate of drug-likeness (QED) is 0.819. The fourth-order valence-electron chi connectivity index (χ4n) is 2.41. The lowest BCUT2D eigenvalue weighted by atomic mass is 10.0. The molecule has 0 spiro atoms. The lowest BCUT2D eigenvalue weighted by molar-refractivity contribution is 0.151. The van der Waals surface area contributed by atoms with Crippen LogP contribution in [0.2, 0.25) is 0 Å². The molecule has 1 aliphatic heterocycles. The molecule has 1 atom stereocenters. The molecule has 1 aliphatic rings. The minimum Gasteiger partial charge on any atom is -0.493 e. The van der Waals surface area contributed by atoms with Gasteiger partial charge < -0.3 is 9.84 Å². The average molecular weight is 234 g/mol. The van der Waals surface area contributed by atoms with E-state index >= 15 is 0 Å². The molecule has 0 radical (unpaired) electrons. The third-order valence-corrected chi connectivity index (χ3v) is 3.38. The molecule has 0 amide bonds. The van der Waals surface area contributed by atoms with Gasteiger partial charge in [0.05, 0.1) is 12.7 Å². The summed E-state index contributed by atoms with van der Waals surface area (Å²) < 4.78 is 5.49. The molecular formula is C15H22O2. The standard InChI is InChI=1S/C15H22O2/c1-2-4-14(16)6-3-5-12-7-8-15-13(11-12)9-10-17-15/h7-8,11,14,16H,2-6,9-10H2,1H3. The zero-order valence-corrected chi connectivity index (χ0v) is 10.6. The van der Waals surface area contributed by atoms with Crippen molar-refractivity contribution in [3.8, 4) is 5.75 Å². The van der Waals surface area contributed by atoms with Gasteiger partial charge in [0, 0.05) is 6.42 Å². The van der Waals surface area contributed by atoms with E-state index < -0.39 is 0 Å². The van der Waals surface area contributed by atoms with Gasteiger partial charge in [-0.3, -0.25) is 0 Å². The third kappa shape index (κ3) is 3.47. The van der Waals surface area contributed by atoms with Gasteiger partial charge in [-0.2, -0.15) is 0 Å². The van der Waals surface area contributed by atoms with Crippen LogP contribution in [0.1, 0.15) is 43.7 Å². The molecule has 0 aliphatic carbocycles. The van der Waals surface area contributed by atoms with Crippen LogP contribution < -0.4 is 4.74 Å². The summed E-state index contributed by atoms with van der Waals surface area (Å²) in [6.07, 6.45) is 5.98. The third-order valence-electron chi connectivity index (χ3n) is 3.38. The first-order valence-electron chi connectivity index (χ1n) is 6.72. The second kappa shape index (κ2) is 6.06. The number of hydrogen-bond donors (Lipinski definition) is 1. The number of fused-ring (bicyclic) bond motifs is 1. The molecular weight excluding hydrogens is 212 g/mol. The smallest absolute Gasteiger partial charge is 0.122 e. The van der Waals surface area contributed by atoms with Crippen molar-refractivity contribution < 1.29 is 9.84 Å². The molecule has 1 heterocycles. The molecule has 1 aromatic rings. The summed E-state index contributed by atoms with van der Waals surface area (Å²) >= 11 is 0. The molecule has 17 heavy (non-hydrogen) atoms. The molecule has 0 aromatic heterocycles. The Morgan fingerprint density at radius 3 is 3.06 bits per heavy atom. The molecule has 0 bridgehead atoms. The second-order valence-corrected chi connectivity index (χ2v) is 4.88. The number of benzene rings is 1. The highest BCUT2D eigenvalue weighted by Gasteiger charge is 2.11. The first kappa shape index (κ1) is 12.4. The van der Waals surface area contributed by atoms with Gasteiger partial charge in [0.15, 0.2) is 0 Å². The Balaban J connectivity index is 1.79. The van der Waals surface area contributed by atoms with Crippen molar-refractivity contribution in [3.63, 3.8) is 0 Å². The maximum atomic E-state index is 9.66. The van der Waals surface area contributed by atoms with Crippen molar-refractivity contribution >= 4 is 0 Å². The SMILES string of the molecule is CCCC(O)CCCc1ccc2c(c1)CCO2. The molecule has 1 aromatic carbocycles. The number of hydrogen-bond acceptors (Lipinski definition) is 2. The van der Waals surface area contributed by atoms with Crippen LogP contribution in [0.25, 0.3) is 0 Å². The summed E-state index contributed by atoms with van der Waals surface area (Å²) in [5.74, 6) is 1.06. The predicted octanol–water partition coefficient (Wildman–Crippen LogP) is 3.11. The van der Waals surface area contributed by atoms with Crippen molar-refractivity contribution in [2.75, 3.05) is 6.61 Å². The molecule has 0 saturated carbocycles. The van der Waals surface area contributed by atoms with Gasteiger partial charge in [0.2, 0.25) is 0 Å². The lowest BCUT2D eigenvalue weighted by Gasteiger charge is -2.09. The molecule has 0 saturated heterocycles. The molecule has 2 heteroatoms. The zero-order chi connectivity index (χ0) is 12.1. The van der Waals surface area contributed by atoms with E-state index in [4.69, 9.17) is 4.74 Å². The van der Waals surface area contributed by atoms with Crippen LogP contribution in [0.15, 0.2) is 18.2 Å². The highest BCUT2D eigenvalue weighted by molar-refractivity contribution is 5.39. The van der Waals surface area contributed by atoms with Crippen LogP contribution in [0.3, 0.4) is 0 Å². The minimum atomic E-state index is -0.113. The monoisotopic (exact) mass is 234 g/mol. The Hall–Kier alpha value is -1.02. The van der Waals surface area contributed by atoms with Crippen LogP contribution in [-0.2, 0) is 12.8 Å². The maximum absolute atomic E-state index is 9.66. The Bertz CT molecular complexity index is 360. The normalized spacial score (nSPS) is 15.4. The summed E-state index contributed by atoms with van der Waals surface area (Å²) in [5, 5.41) is 9.66. The van der Waals surface area contributed by atoms with Crippen molar-refractivity contribution in [2.45, 2.75) is 51.6 Å². The van der Waals surface area contributed by atoms with Gasteiger partial charge in [-0.25, -0.2) is 0 Å². The summed E-state index contributed by atoms with van der Waals surface area (Å²) in [6, 6.07) is 6.49. The Morgan fingerprint density at radius 1 is 1.35 bits per heavy atom. The number of ether oxygens (including phenoxy) is 1. The van der Waals surface area contributed by atoms with Gasteiger partial charge in [0.25, 0.3) is 0 Å². The Kier molecular flexibility index (Phi) is 4.43. The van der Waals surface area contributed by atoms with Gasteiger partial charge in [-0.1, -0.05) is 25.5 Å². The van der Waals surface area contributed by atoms with E-state index in [2.05, 4.69) is 25.1 Å². The predicted molar refractivity (Wildman–Crippen MR) is 69.5 cm³/mol. The summed E-state index contributed by atoms with van der Waals surface area (Å²) in [4.78, 5) is 0. The fraction of sp³-hybridized carbons (Fsp3) is 0.600. The number of rotatable bonds is 6. The highest BCUT2D eigenvalue weighted by Crippen LogP contribution is 2.26. The molecule has 0 fully saturated rings. The topological polar surface area (TPSA) is 29.5 Å². The van der Waals surface area contributed by atoms with Crippen molar-refractivity contribution in [2.24, 2.45) is 0 Å². The number of aliphatic hydroxyl groups excluding tert-OH is 1. The van der Waals surface area contributed by atoms with Crippen molar-refractivity contribution in [3.05, 3.63) is 29.3 Å². The molecule has 1 N–H and O–H groups in total. The second-order valence-electron chi connectivity index (χ2n) is 4.88. The average Bonchev–Trinajstić information content (AvgIpc) is 2.76. The maximum Gasteiger partial charge on any atom is 0.122 e. The van der Waals surface area contributed by atoms with Crippen LogP contribution >= 0.6 is 0 Å². The minimum absolute atomic E-state index is 0.113. The van der Waals surface area contributed by atoms with Gasteiger partial charge >= 0.3 is 0 Å². The van der Waals surface area contributed by atoms with E-state index in [1.807, 2.05) is 0 Å². The molecule has 1 unspecified atom stereocenters. The van der Waals surface area contributed by atoms with Crippen LogP contribution in [0.4, 0.5) is 0 Å². The molecule has 2 nitrogen and oxygen atoms in total. The lowest BCUT2D eigenvalue weighted by Crippen LogP contribution is -2.05. The summed E-state index contributed by atoms with van der Waals surface area (Å²) in [6.45, 7) is 2.94. The molecule has 94 valence electrons. The summed E-state index contributed by atoms with van der Waals surface area (Å²) in [5.41, 5.74) is 2.72. The van der Waals surface area contributed by atoms with Gasteiger partial charge in [-0.15, -0.1) is 0 Å². The van der Waals surface area contributed by atoms with Crippen LogP contribution in [-0.4, -0.2) is 17.8 Å². The van der Waals surface area contributed by atoms with Crippen LogP contribution in [0, 0.1) is 0 Å². The van der Waals surface area contributed by atoms with Gasteiger partial charge in [0.1, 0.15) is 5.75 Å². The van der Waals surface area contributed by atoms with E-state index in [0.29, 0.717) is 0 Å². The van der Waals surface area contributed by atoms with Gasteiger partial charge in [-0.05, 0) is 42.9 Å². The molecule has 2 rings (SSSR count). The number of aliphatic hydroxyl groups is 1. The van der Waals surface area contributed by atoms with E-state index in [9.17, 15) is 5.11 Å². The van der Waals surface area contributed by atoms with E-state index in [1.54, 1.807) is 0 Å². The Morgan fingerprint density at radius 2 is 2.24 bits per heavy atom. The summed E-state index contributed by atoms with van der Waals surface area (Å²) in [7, 11) is 0. The zero-order valence-electron chi connectivity index (χ0n) is 10.6. The van der Waals surface area contributed by atoms with E-state index in [0.717, 1.165) is 50.9 Å². The van der Waals surface area contributed by atoms with Crippen LogP contribution in [0.5, 0.6) is 5.75 Å². The van der Waals surface area contributed by atoms with Crippen molar-refractivity contribution in [1.82, 2.24) is 0 Å². The van der Waals surface area contributed by atoms with E-state index in [-0.39, 0.29) is 6.10 Å². The largest absolute Gasteiger partial charge is 0.493 e.